The standard InChI is InChI=1S/C22H17NO5/c1-11(2)12-4-6-17-14(7-12)9-20(25)18-10-19(24)16-8-13(22(27)28)3-5-15(16)21(26)23(17)18/h3-11,25H,1-2H3,(H,27,28). The highest BCUT2D eigenvalue weighted by Gasteiger charge is 2.14. The lowest BCUT2D eigenvalue weighted by molar-refractivity contribution is 0.0697. The first-order chi connectivity index (χ1) is 13.3. The first kappa shape index (κ1) is 17.7. The summed E-state index contributed by atoms with van der Waals surface area (Å²) in [5.41, 5.74) is 0.572. The van der Waals surface area contributed by atoms with Gasteiger partial charge >= 0.3 is 5.97 Å². The summed E-state index contributed by atoms with van der Waals surface area (Å²) in [6.45, 7) is 4.09. The van der Waals surface area contributed by atoms with Crippen LogP contribution < -0.4 is 11.0 Å². The quantitative estimate of drug-likeness (QED) is 0.559. The number of aromatic nitrogens is 1. The predicted molar refractivity (Wildman–Crippen MR) is 108 cm³/mol. The fourth-order valence-corrected chi connectivity index (χ4v) is 3.46. The number of aromatic carboxylic acids is 1. The van der Waals surface area contributed by atoms with Gasteiger partial charge in [0.1, 0.15) is 5.75 Å². The van der Waals surface area contributed by atoms with Crippen molar-refractivity contribution in [2.24, 2.45) is 0 Å². The number of carboxylic acid groups (broad SMARTS) is 1. The van der Waals surface area contributed by atoms with Gasteiger partial charge in [0.2, 0.25) is 0 Å². The second kappa shape index (κ2) is 6.20. The molecule has 2 N–H and O–H groups in total. The molecule has 0 atom stereocenters. The van der Waals surface area contributed by atoms with Gasteiger partial charge in [0.15, 0.2) is 5.43 Å². The molecule has 140 valence electrons. The van der Waals surface area contributed by atoms with Crippen LogP contribution >= 0.6 is 0 Å². The lowest BCUT2D eigenvalue weighted by Crippen LogP contribution is -2.12. The summed E-state index contributed by atoms with van der Waals surface area (Å²) in [5, 5.41) is 20.5. The number of hydrogen-bond donors (Lipinski definition) is 2. The van der Waals surface area contributed by atoms with Crippen LogP contribution in [0.25, 0.3) is 27.2 Å². The minimum Gasteiger partial charge on any atom is -0.506 e. The molecule has 2 heterocycles. The number of benzene rings is 2. The molecule has 4 rings (SSSR count). The lowest BCUT2D eigenvalue weighted by Gasteiger charge is -2.10. The molecule has 0 spiro atoms. The van der Waals surface area contributed by atoms with Gasteiger partial charge in [-0.1, -0.05) is 19.9 Å². The molecule has 0 aliphatic carbocycles. The normalized spacial score (nSPS) is 11.5. The Bertz CT molecular complexity index is 1420. The molecule has 0 aliphatic heterocycles. The Kier molecular flexibility index (Phi) is 3.92. The molecule has 2 aromatic heterocycles. The zero-order valence-electron chi connectivity index (χ0n) is 15.3. The number of carbonyl (C=O) groups is 1. The van der Waals surface area contributed by atoms with E-state index in [-0.39, 0.29) is 33.5 Å². The fourth-order valence-electron chi connectivity index (χ4n) is 3.46. The second-order valence-electron chi connectivity index (χ2n) is 7.10. The Labute approximate surface area is 158 Å². The van der Waals surface area contributed by atoms with E-state index < -0.39 is 17.0 Å². The minimum atomic E-state index is -1.19. The maximum absolute atomic E-state index is 13.3. The number of pyridine rings is 1. The van der Waals surface area contributed by atoms with E-state index in [2.05, 4.69) is 0 Å². The van der Waals surface area contributed by atoms with E-state index in [1.54, 1.807) is 6.07 Å². The van der Waals surface area contributed by atoms with Crippen LogP contribution in [0, 0.1) is 0 Å². The van der Waals surface area contributed by atoms with E-state index in [9.17, 15) is 24.6 Å². The smallest absolute Gasteiger partial charge is 0.335 e. The molecule has 6 nitrogen and oxygen atoms in total. The zero-order chi connectivity index (χ0) is 20.2. The van der Waals surface area contributed by atoms with Gasteiger partial charge < -0.3 is 10.2 Å². The summed E-state index contributed by atoms with van der Waals surface area (Å²) in [5.74, 6) is -1.11. The van der Waals surface area contributed by atoms with Crippen molar-refractivity contribution < 1.29 is 15.0 Å². The summed E-state index contributed by atoms with van der Waals surface area (Å²) in [4.78, 5) is 37.2. The molecule has 0 bridgehead atoms. The molecule has 0 amide bonds. The van der Waals surface area contributed by atoms with Crippen molar-refractivity contribution in [2.75, 3.05) is 0 Å². The molecular weight excluding hydrogens is 358 g/mol. The lowest BCUT2D eigenvalue weighted by atomic mass is 10.0. The van der Waals surface area contributed by atoms with Crippen LogP contribution in [0.5, 0.6) is 5.75 Å². The first-order valence-electron chi connectivity index (χ1n) is 8.80. The van der Waals surface area contributed by atoms with Crippen LogP contribution in [-0.2, 0) is 0 Å². The molecule has 0 radical (unpaired) electrons. The van der Waals surface area contributed by atoms with Gasteiger partial charge in [0.05, 0.1) is 22.0 Å². The SMILES string of the molecule is CC(C)c1ccc2c(c1)cc(O)c1cc(=O)c3cc(C(=O)O)ccc3c(=O)n12. The van der Waals surface area contributed by atoms with E-state index in [0.717, 1.165) is 5.56 Å². The largest absolute Gasteiger partial charge is 0.506 e. The van der Waals surface area contributed by atoms with Crippen molar-refractivity contribution >= 4 is 33.2 Å². The fraction of sp³-hybridized carbons (Fsp3) is 0.136. The molecule has 0 saturated carbocycles. The molecule has 4 aromatic rings. The molecule has 0 saturated heterocycles. The second-order valence-corrected chi connectivity index (χ2v) is 7.10. The average molecular weight is 375 g/mol. The van der Waals surface area contributed by atoms with Crippen molar-refractivity contribution in [1.82, 2.24) is 4.40 Å². The van der Waals surface area contributed by atoms with Gasteiger partial charge in [-0.05, 0) is 47.9 Å². The molecule has 0 unspecified atom stereocenters. The molecular formula is C22H17NO5. The Morgan fingerprint density at radius 2 is 1.68 bits per heavy atom. The maximum atomic E-state index is 13.3. The van der Waals surface area contributed by atoms with E-state index in [4.69, 9.17) is 0 Å². The van der Waals surface area contributed by atoms with Crippen molar-refractivity contribution in [3.63, 3.8) is 0 Å². The highest BCUT2D eigenvalue weighted by molar-refractivity contribution is 5.95. The number of carboxylic acids is 1. The van der Waals surface area contributed by atoms with E-state index in [0.29, 0.717) is 10.9 Å². The van der Waals surface area contributed by atoms with Gasteiger partial charge in [0, 0.05) is 16.8 Å². The number of nitrogens with zero attached hydrogens (tertiary/aromatic N) is 1. The van der Waals surface area contributed by atoms with Gasteiger partial charge in [-0.25, -0.2) is 4.79 Å². The highest BCUT2D eigenvalue weighted by atomic mass is 16.4. The third kappa shape index (κ3) is 2.62. The van der Waals surface area contributed by atoms with Gasteiger partial charge in [-0.3, -0.25) is 14.0 Å². The third-order valence-electron chi connectivity index (χ3n) is 4.99. The third-order valence-corrected chi connectivity index (χ3v) is 4.99. The minimum absolute atomic E-state index is 0.0000458. The molecule has 0 fully saturated rings. The molecule has 6 heteroatoms. The number of aromatic hydroxyl groups is 1. The van der Waals surface area contributed by atoms with Crippen LogP contribution in [0.15, 0.2) is 58.1 Å². The summed E-state index contributed by atoms with van der Waals surface area (Å²) in [7, 11) is 0. The van der Waals surface area contributed by atoms with Crippen LogP contribution in [0.2, 0.25) is 0 Å². The summed E-state index contributed by atoms with van der Waals surface area (Å²) in [6, 6.07) is 12.1. The van der Waals surface area contributed by atoms with E-state index >= 15 is 0 Å². The Hall–Kier alpha value is -3.67. The maximum Gasteiger partial charge on any atom is 0.335 e. The van der Waals surface area contributed by atoms with Crippen LogP contribution in [0.4, 0.5) is 0 Å². The number of rotatable bonds is 2. The topological polar surface area (TPSA) is 96.1 Å². The number of hydrogen-bond acceptors (Lipinski definition) is 4. The zero-order valence-corrected chi connectivity index (χ0v) is 15.3. The summed E-state index contributed by atoms with van der Waals surface area (Å²) >= 11 is 0. The Balaban J connectivity index is 2.27. The first-order valence-corrected chi connectivity index (χ1v) is 8.80. The van der Waals surface area contributed by atoms with Crippen LogP contribution in [0.1, 0.15) is 35.7 Å². The number of fused-ring (bicyclic) bond motifs is 4. The van der Waals surface area contributed by atoms with Gasteiger partial charge in [-0.15, -0.1) is 0 Å². The van der Waals surface area contributed by atoms with Crippen molar-refractivity contribution in [3.8, 4) is 5.75 Å². The van der Waals surface area contributed by atoms with E-state index in [1.807, 2.05) is 26.0 Å². The Morgan fingerprint density at radius 1 is 0.929 bits per heavy atom. The predicted octanol–water partition coefficient (Wildman–Crippen LogP) is 3.49. The molecule has 0 aliphatic rings. The van der Waals surface area contributed by atoms with Crippen molar-refractivity contribution in [1.29, 1.82) is 0 Å². The summed E-state index contributed by atoms with van der Waals surface area (Å²) < 4.78 is 1.30. The van der Waals surface area contributed by atoms with Gasteiger partial charge in [0.25, 0.3) is 5.56 Å². The molecule has 28 heavy (non-hydrogen) atoms. The van der Waals surface area contributed by atoms with Crippen LogP contribution in [-0.4, -0.2) is 20.6 Å². The van der Waals surface area contributed by atoms with Crippen molar-refractivity contribution in [2.45, 2.75) is 19.8 Å². The van der Waals surface area contributed by atoms with E-state index in [1.165, 1.54) is 34.7 Å². The average Bonchev–Trinajstić information content (AvgIpc) is 2.77. The monoisotopic (exact) mass is 375 g/mol. The highest BCUT2D eigenvalue weighted by Crippen LogP contribution is 2.27. The Morgan fingerprint density at radius 3 is 2.36 bits per heavy atom. The van der Waals surface area contributed by atoms with Crippen LogP contribution in [0.3, 0.4) is 0 Å². The molecule has 2 aromatic carbocycles. The van der Waals surface area contributed by atoms with Crippen molar-refractivity contribution in [3.05, 3.63) is 80.2 Å². The van der Waals surface area contributed by atoms with Gasteiger partial charge in [-0.2, -0.15) is 0 Å². The summed E-state index contributed by atoms with van der Waals surface area (Å²) in [6.07, 6.45) is 0.